The van der Waals surface area contributed by atoms with E-state index in [2.05, 4.69) is 6.07 Å². The van der Waals surface area contributed by atoms with Crippen molar-refractivity contribution in [2.24, 2.45) is 5.41 Å². The number of aryl methyl sites for hydroxylation is 1. The van der Waals surface area contributed by atoms with Crippen LogP contribution in [0.1, 0.15) is 11.1 Å². The van der Waals surface area contributed by atoms with E-state index in [1.54, 1.807) is 4.90 Å². The average molecular weight is 378 g/mol. The number of anilines is 1. The van der Waals surface area contributed by atoms with Gasteiger partial charge in [-0.15, -0.1) is 0 Å². The SMILES string of the molecule is Cc1ccc2c(c1)N(CC(=O)N1CC3(COc4ccccc4C3)C1)C(=O)CO2. The largest absolute Gasteiger partial charge is 0.493 e. The second-order valence-electron chi connectivity index (χ2n) is 8.06. The lowest BCUT2D eigenvalue weighted by Crippen LogP contribution is -2.64. The summed E-state index contributed by atoms with van der Waals surface area (Å²) in [6, 6.07) is 13.8. The highest BCUT2D eigenvalue weighted by atomic mass is 16.5. The van der Waals surface area contributed by atoms with E-state index in [0.717, 1.165) is 17.7 Å². The first-order chi connectivity index (χ1) is 13.5. The fourth-order valence-electron chi connectivity index (χ4n) is 4.34. The highest BCUT2D eigenvalue weighted by molar-refractivity contribution is 6.02. The van der Waals surface area contributed by atoms with Crippen LogP contribution in [-0.4, -0.2) is 49.6 Å². The van der Waals surface area contributed by atoms with E-state index in [-0.39, 0.29) is 30.4 Å². The zero-order valence-corrected chi connectivity index (χ0v) is 15.8. The lowest BCUT2D eigenvalue weighted by molar-refractivity contribution is -0.145. The van der Waals surface area contributed by atoms with Crippen LogP contribution in [-0.2, 0) is 16.0 Å². The summed E-state index contributed by atoms with van der Waals surface area (Å²) in [5, 5.41) is 0. The van der Waals surface area contributed by atoms with Crippen LogP contribution in [0.2, 0.25) is 0 Å². The van der Waals surface area contributed by atoms with Crippen molar-refractivity contribution in [1.29, 1.82) is 0 Å². The maximum absolute atomic E-state index is 12.9. The van der Waals surface area contributed by atoms with Gasteiger partial charge in [-0.25, -0.2) is 0 Å². The molecule has 1 saturated heterocycles. The Balaban J connectivity index is 1.27. The molecule has 3 heterocycles. The lowest BCUT2D eigenvalue weighted by Gasteiger charge is -2.52. The number of rotatable bonds is 2. The van der Waals surface area contributed by atoms with E-state index in [1.165, 1.54) is 5.56 Å². The van der Waals surface area contributed by atoms with Gasteiger partial charge in [0.1, 0.15) is 18.0 Å². The smallest absolute Gasteiger partial charge is 0.265 e. The molecule has 3 aliphatic heterocycles. The first kappa shape index (κ1) is 17.1. The number of amides is 2. The summed E-state index contributed by atoms with van der Waals surface area (Å²) in [6.45, 7) is 3.94. The van der Waals surface area contributed by atoms with Crippen LogP contribution in [0.3, 0.4) is 0 Å². The minimum Gasteiger partial charge on any atom is -0.493 e. The van der Waals surface area contributed by atoms with Gasteiger partial charge in [-0.3, -0.25) is 14.5 Å². The van der Waals surface area contributed by atoms with Gasteiger partial charge in [0.25, 0.3) is 5.91 Å². The molecular weight excluding hydrogens is 356 g/mol. The molecule has 1 fully saturated rings. The summed E-state index contributed by atoms with van der Waals surface area (Å²) in [4.78, 5) is 28.6. The molecule has 2 aromatic rings. The number of nitrogens with zero attached hydrogens (tertiary/aromatic N) is 2. The van der Waals surface area contributed by atoms with Gasteiger partial charge in [-0.05, 0) is 42.7 Å². The molecule has 1 spiro atoms. The molecular formula is C22H22N2O4. The molecule has 0 aromatic heterocycles. The maximum Gasteiger partial charge on any atom is 0.265 e. The summed E-state index contributed by atoms with van der Waals surface area (Å²) in [5.41, 5.74) is 2.90. The fourth-order valence-corrected chi connectivity index (χ4v) is 4.34. The third-order valence-electron chi connectivity index (χ3n) is 5.83. The molecule has 0 aliphatic carbocycles. The molecule has 3 aliphatic rings. The molecule has 144 valence electrons. The van der Waals surface area contributed by atoms with Gasteiger partial charge in [-0.1, -0.05) is 24.3 Å². The number of ether oxygens (including phenoxy) is 2. The topological polar surface area (TPSA) is 59.1 Å². The van der Waals surface area contributed by atoms with Crippen molar-refractivity contribution >= 4 is 17.5 Å². The summed E-state index contributed by atoms with van der Waals surface area (Å²) >= 11 is 0. The van der Waals surface area contributed by atoms with E-state index in [1.807, 2.05) is 48.2 Å². The predicted molar refractivity (Wildman–Crippen MR) is 104 cm³/mol. The second kappa shape index (κ2) is 6.26. The standard InChI is InChI=1S/C22H22N2O4/c1-15-6-7-19-17(8-15)24(21(26)11-27-19)10-20(25)23-12-22(13-23)9-16-4-2-3-5-18(16)28-14-22/h2-8H,9-14H2,1H3. The lowest BCUT2D eigenvalue weighted by atomic mass is 9.74. The van der Waals surface area contributed by atoms with Gasteiger partial charge < -0.3 is 14.4 Å². The van der Waals surface area contributed by atoms with Crippen molar-refractivity contribution in [1.82, 2.24) is 4.90 Å². The zero-order chi connectivity index (χ0) is 19.3. The van der Waals surface area contributed by atoms with Crippen LogP contribution in [0.4, 0.5) is 5.69 Å². The molecule has 0 unspecified atom stereocenters. The van der Waals surface area contributed by atoms with E-state index in [0.29, 0.717) is 31.1 Å². The Morgan fingerprint density at radius 2 is 1.93 bits per heavy atom. The first-order valence-electron chi connectivity index (χ1n) is 9.55. The molecule has 2 aromatic carbocycles. The van der Waals surface area contributed by atoms with Gasteiger partial charge >= 0.3 is 0 Å². The number of benzene rings is 2. The van der Waals surface area contributed by atoms with Gasteiger partial charge in [-0.2, -0.15) is 0 Å². The van der Waals surface area contributed by atoms with Crippen LogP contribution < -0.4 is 14.4 Å². The predicted octanol–water partition coefficient (Wildman–Crippen LogP) is 2.18. The molecule has 2 amide bonds. The highest BCUT2D eigenvalue weighted by Crippen LogP contribution is 2.41. The van der Waals surface area contributed by atoms with Gasteiger partial charge in [0.15, 0.2) is 6.61 Å². The van der Waals surface area contributed by atoms with Crippen molar-refractivity contribution in [2.45, 2.75) is 13.3 Å². The normalized spacial score (nSPS) is 19.2. The van der Waals surface area contributed by atoms with Crippen molar-refractivity contribution in [3.8, 4) is 11.5 Å². The van der Waals surface area contributed by atoms with E-state index in [9.17, 15) is 9.59 Å². The molecule has 6 nitrogen and oxygen atoms in total. The number of likely N-dealkylation sites (tertiary alicyclic amines) is 1. The Bertz CT molecular complexity index is 965. The fraction of sp³-hybridized carbons (Fsp3) is 0.364. The first-order valence-corrected chi connectivity index (χ1v) is 9.55. The third-order valence-corrected chi connectivity index (χ3v) is 5.83. The minimum atomic E-state index is -0.184. The molecule has 0 N–H and O–H groups in total. The molecule has 0 radical (unpaired) electrons. The third kappa shape index (κ3) is 2.80. The monoisotopic (exact) mass is 378 g/mol. The number of para-hydroxylation sites is 1. The van der Waals surface area contributed by atoms with Crippen molar-refractivity contribution in [3.05, 3.63) is 53.6 Å². The van der Waals surface area contributed by atoms with Crippen molar-refractivity contribution in [3.63, 3.8) is 0 Å². The molecule has 6 heteroatoms. The van der Waals surface area contributed by atoms with Crippen LogP contribution in [0.15, 0.2) is 42.5 Å². The number of hydrogen-bond acceptors (Lipinski definition) is 4. The van der Waals surface area contributed by atoms with Gasteiger partial charge in [0, 0.05) is 18.5 Å². The molecule has 0 atom stereocenters. The Morgan fingerprint density at radius 1 is 1.11 bits per heavy atom. The van der Waals surface area contributed by atoms with Crippen molar-refractivity contribution in [2.75, 3.05) is 37.7 Å². The number of hydrogen-bond donors (Lipinski definition) is 0. The Morgan fingerprint density at radius 3 is 2.79 bits per heavy atom. The van der Waals surface area contributed by atoms with Crippen LogP contribution in [0.25, 0.3) is 0 Å². The van der Waals surface area contributed by atoms with Crippen LogP contribution in [0, 0.1) is 12.3 Å². The Hall–Kier alpha value is -3.02. The van der Waals surface area contributed by atoms with E-state index < -0.39 is 0 Å². The van der Waals surface area contributed by atoms with E-state index >= 15 is 0 Å². The summed E-state index contributed by atoms with van der Waals surface area (Å²) < 4.78 is 11.4. The summed E-state index contributed by atoms with van der Waals surface area (Å²) in [6.07, 6.45) is 0.922. The summed E-state index contributed by atoms with van der Waals surface area (Å²) in [5.74, 6) is 1.38. The number of fused-ring (bicyclic) bond motifs is 2. The quantitative estimate of drug-likeness (QED) is 0.804. The number of carbonyl (C=O) groups is 2. The highest BCUT2D eigenvalue weighted by Gasteiger charge is 2.48. The molecule has 28 heavy (non-hydrogen) atoms. The van der Waals surface area contributed by atoms with Crippen LogP contribution in [0.5, 0.6) is 11.5 Å². The molecule has 0 bridgehead atoms. The summed E-state index contributed by atoms with van der Waals surface area (Å²) in [7, 11) is 0. The van der Waals surface area contributed by atoms with Gasteiger partial charge in [0.2, 0.25) is 5.91 Å². The van der Waals surface area contributed by atoms with Crippen molar-refractivity contribution < 1.29 is 19.1 Å². The minimum absolute atomic E-state index is 0.00642. The zero-order valence-electron chi connectivity index (χ0n) is 15.8. The van der Waals surface area contributed by atoms with Gasteiger partial charge in [0.05, 0.1) is 12.3 Å². The number of carbonyl (C=O) groups excluding carboxylic acids is 2. The van der Waals surface area contributed by atoms with Crippen LogP contribution >= 0.6 is 0 Å². The molecule has 5 rings (SSSR count). The average Bonchev–Trinajstić information content (AvgIpc) is 2.68. The van der Waals surface area contributed by atoms with E-state index in [4.69, 9.17) is 9.47 Å². The molecule has 0 saturated carbocycles. The maximum atomic E-state index is 12.9. The Kier molecular flexibility index (Phi) is 3.82. The Labute approximate surface area is 163 Å². The second-order valence-corrected chi connectivity index (χ2v) is 8.06.